The Morgan fingerprint density at radius 3 is 2.80 bits per heavy atom. The van der Waals surface area contributed by atoms with E-state index in [2.05, 4.69) is 20.9 Å². The van der Waals surface area contributed by atoms with E-state index in [1.807, 2.05) is 12.1 Å². The van der Waals surface area contributed by atoms with Gasteiger partial charge in [-0.05, 0) is 24.3 Å². The fourth-order valence-electron chi connectivity index (χ4n) is 2.01. The van der Waals surface area contributed by atoms with E-state index in [0.717, 1.165) is 10.0 Å². The van der Waals surface area contributed by atoms with Gasteiger partial charge in [0.05, 0.1) is 10.7 Å². The SMILES string of the molecule is O=C(O)c1cccc2nc(-c3ccc(Br)cc3Cl)cn12. The first-order chi connectivity index (χ1) is 9.56. The van der Waals surface area contributed by atoms with E-state index in [1.54, 1.807) is 24.4 Å². The number of carbonyl (C=O) groups is 1. The van der Waals surface area contributed by atoms with Gasteiger partial charge in [0.2, 0.25) is 0 Å². The second kappa shape index (κ2) is 4.92. The van der Waals surface area contributed by atoms with Gasteiger partial charge in [-0.2, -0.15) is 0 Å². The lowest BCUT2D eigenvalue weighted by Gasteiger charge is -2.00. The van der Waals surface area contributed by atoms with Crippen LogP contribution in [-0.2, 0) is 0 Å². The number of imidazole rings is 1. The summed E-state index contributed by atoms with van der Waals surface area (Å²) < 4.78 is 2.41. The Morgan fingerprint density at radius 2 is 2.10 bits per heavy atom. The smallest absolute Gasteiger partial charge is 0.352 e. The van der Waals surface area contributed by atoms with Crippen molar-refractivity contribution in [3.63, 3.8) is 0 Å². The minimum atomic E-state index is -0.999. The fraction of sp³-hybridized carbons (Fsp3) is 0. The van der Waals surface area contributed by atoms with Gasteiger partial charge >= 0.3 is 5.97 Å². The third kappa shape index (κ3) is 2.19. The van der Waals surface area contributed by atoms with Crippen LogP contribution < -0.4 is 0 Å². The molecule has 0 saturated heterocycles. The molecule has 2 heterocycles. The van der Waals surface area contributed by atoms with Crippen LogP contribution in [0.2, 0.25) is 5.02 Å². The van der Waals surface area contributed by atoms with Gasteiger partial charge in [-0.25, -0.2) is 9.78 Å². The molecule has 3 rings (SSSR count). The molecule has 0 aliphatic rings. The molecule has 0 aliphatic carbocycles. The molecule has 6 heteroatoms. The van der Waals surface area contributed by atoms with Gasteiger partial charge in [-0.1, -0.05) is 39.7 Å². The number of nitrogens with zero attached hydrogens (tertiary/aromatic N) is 2. The summed E-state index contributed by atoms with van der Waals surface area (Å²) in [6, 6.07) is 10.4. The van der Waals surface area contributed by atoms with E-state index in [9.17, 15) is 9.90 Å². The number of hydrogen-bond acceptors (Lipinski definition) is 2. The molecule has 1 N–H and O–H groups in total. The molecule has 0 radical (unpaired) electrons. The van der Waals surface area contributed by atoms with Crippen molar-refractivity contribution in [3.8, 4) is 11.3 Å². The third-order valence-corrected chi connectivity index (χ3v) is 3.72. The van der Waals surface area contributed by atoms with E-state index in [4.69, 9.17) is 11.6 Å². The first kappa shape index (κ1) is 13.1. The van der Waals surface area contributed by atoms with Gasteiger partial charge in [0.1, 0.15) is 11.3 Å². The molecule has 1 aromatic carbocycles. The van der Waals surface area contributed by atoms with Crippen molar-refractivity contribution in [2.45, 2.75) is 0 Å². The van der Waals surface area contributed by atoms with E-state index >= 15 is 0 Å². The maximum Gasteiger partial charge on any atom is 0.352 e. The van der Waals surface area contributed by atoms with Crippen molar-refractivity contribution < 1.29 is 9.90 Å². The zero-order chi connectivity index (χ0) is 14.3. The third-order valence-electron chi connectivity index (χ3n) is 2.92. The van der Waals surface area contributed by atoms with Crippen molar-refractivity contribution in [1.29, 1.82) is 0 Å². The minimum Gasteiger partial charge on any atom is -0.477 e. The number of halogens is 2. The Hall–Kier alpha value is -1.85. The van der Waals surface area contributed by atoms with Gasteiger partial charge in [0, 0.05) is 16.2 Å². The summed E-state index contributed by atoms with van der Waals surface area (Å²) in [6.07, 6.45) is 1.67. The molecule has 0 aliphatic heterocycles. The summed E-state index contributed by atoms with van der Waals surface area (Å²) in [6.45, 7) is 0. The van der Waals surface area contributed by atoms with Crippen molar-refractivity contribution >= 4 is 39.1 Å². The number of carboxylic acid groups (broad SMARTS) is 1. The van der Waals surface area contributed by atoms with E-state index in [1.165, 1.54) is 10.5 Å². The van der Waals surface area contributed by atoms with Gasteiger partial charge in [0.25, 0.3) is 0 Å². The molecule has 0 saturated carbocycles. The molecular formula is C14H8BrClN2O2. The van der Waals surface area contributed by atoms with Gasteiger partial charge in [-0.3, -0.25) is 4.40 Å². The highest BCUT2D eigenvalue weighted by atomic mass is 79.9. The van der Waals surface area contributed by atoms with Gasteiger partial charge in [-0.15, -0.1) is 0 Å². The maximum absolute atomic E-state index is 11.2. The molecule has 0 spiro atoms. The Morgan fingerprint density at radius 1 is 1.30 bits per heavy atom. The average molecular weight is 352 g/mol. The van der Waals surface area contributed by atoms with Crippen molar-refractivity contribution in [2.24, 2.45) is 0 Å². The van der Waals surface area contributed by atoms with Gasteiger partial charge in [0.15, 0.2) is 0 Å². The molecule has 100 valence electrons. The van der Waals surface area contributed by atoms with Crippen LogP contribution in [0.25, 0.3) is 16.9 Å². The van der Waals surface area contributed by atoms with Crippen LogP contribution in [-0.4, -0.2) is 20.5 Å². The van der Waals surface area contributed by atoms with Crippen molar-refractivity contribution in [1.82, 2.24) is 9.38 Å². The number of carboxylic acids is 1. The average Bonchev–Trinajstić information content (AvgIpc) is 2.81. The number of fused-ring (bicyclic) bond motifs is 1. The highest BCUT2D eigenvalue weighted by molar-refractivity contribution is 9.10. The van der Waals surface area contributed by atoms with E-state index in [0.29, 0.717) is 16.4 Å². The van der Waals surface area contributed by atoms with Crippen molar-refractivity contribution in [2.75, 3.05) is 0 Å². The molecule has 3 aromatic rings. The molecule has 4 nitrogen and oxygen atoms in total. The Labute approximate surface area is 127 Å². The molecule has 2 aromatic heterocycles. The number of aromatic nitrogens is 2. The quantitative estimate of drug-likeness (QED) is 0.756. The number of pyridine rings is 1. The number of hydrogen-bond donors (Lipinski definition) is 1. The highest BCUT2D eigenvalue weighted by Gasteiger charge is 2.13. The summed E-state index contributed by atoms with van der Waals surface area (Å²) in [5, 5.41) is 9.73. The fourth-order valence-corrected chi connectivity index (χ4v) is 2.78. The monoisotopic (exact) mass is 350 g/mol. The minimum absolute atomic E-state index is 0.162. The predicted octanol–water partition coefficient (Wildman–Crippen LogP) is 4.12. The molecular weight excluding hydrogens is 344 g/mol. The van der Waals surface area contributed by atoms with Crippen molar-refractivity contribution in [3.05, 3.63) is 57.8 Å². The summed E-state index contributed by atoms with van der Waals surface area (Å²) in [4.78, 5) is 15.6. The molecule has 0 fully saturated rings. The van der Waals surface area contributed by atoms with Crippen LogP contribution in [0.4, 0.5) is 0 Å². The summed E-state index contributed by atoms with van der Waals surface area (Å²) in [5.41, 5.74) is 2.12. The molecule has 20 heavy (non-hydrogen) atoms. The standard InChI is InChI=1S/C14H8BrClN2O2/c15-8-4-5-9(10(16)6-8)11-7-18-12(14(19)20)2-1-3-13(18)17-11/h1-7H,(H,19,20). The lowest BCUT2D eigenvalue weighted by Crippen LogP contribution is -2.03. The number of aromatic carboxylic acids is 1. The zero-order valence-electron chi connectivity index (χ0n) is 10.0. The largest absolute Gasteiger partial charge is 0.477 e. The lowest BCUT2D eigenvalue weighted by molar-refractivity contribution is 0.0689. The molecule has 0 bridgehead atoms. The van der Waals surface area contributed by atoms with Crippen LogP contribution in [0.1, 0.15) is 10.5 Å². The Kier molecular flexibility index (Phi) is 3.23. The summed E-state index contributed by atoms with van der Waals surface area (Å²) >= 11 is 9.54. The number of benzene rings is 1. The van der Waals surface area contributed by atoms with Crippen LogP contribution in [0.15, 0.2) is 47.1 Å². The van der Waals surface area contributed by atoms with Crippen LogP contribution in [0.3, 0.4) is 0 Å². The van der Waals surface area contributed by atoms with E-state index < -0.39 is 5.97 Å². The van der Waals surface area contributed by atoms with E-state index in [-0.39, 0.29) is 5.69 Å². The second-order valence-corrected chi connectivity index (χ2v) is 5.52. The Bertz CT molecular complexity index is 829. The molecule has 0 unspecified atom stereocenters. The van der Waals surface area contributed by atoms with Crippen LogP contribution >= 0.6 is 27.5 Å². The normalized spacial score (nSPS) is 10.9. The summed E-state index contributed by atoms with van der Waals surface area (Å²) in [7, 11) is 0. The molecule has 0 amide bonds. The van der Waals surface area contributed by atoms with Crippen LogP contribution in [0, 0.1) is 0 Å². The first-order valence-corrected chi connectivity index (χ1v) is 6.90. The van der Waals surface area contributed by atoms with Gasteiger partial charge < -0.3 is 5.11 Å². The first-order valence-electron chi connectivity index (χ1n) is 5.73. The zero-order valence-corrected chi connectivity index (χ0v) is 12.4. The predicted molar refractivity (Wildman–Crippen MR) is 80.3 cm³/mol. The second-order valence-electron chi connectivity index (χ2n) is 4.19. The lowest BCUT2D eigenvalue weighted by atomic mass is 10.2. The maximum atomic E-state index is 11.2. The van der Waals surface area contributed by atoms with Crippen LogP contribution in [0.5, 0.6) is 0 Å². The summed E-state index contributed by atoms with van der Waals surface area (Å²) in [5.74, 6) is -0.999. The Balaban J connectivity index is 2.23. The molecule has 0 atom stereocenters. The topological polar surface area (TPSA) is 54.6 Å². The number of rotatable bonds is 2. The highest BCUT2D eigenvalue weighted by Crippen LogP contribution is 2.30.